The van der Waals surface area contributed by atoms with Gasteiger partial charge in [-0.3, -0.25) is 0 Å². The van der Waals surface area contributed by atoms with E-state index < -0.39 is 0 Å². The Bertz CT molecular complexity index is 428. The van der Waals surface area contributed by atoms with Gasteiger partial charge in [-0.05, 0) is 18.2 Å². The van der Waals surface area contributed by atoms with Gasteiger partial charge in [-0.25, -0.2) is 4.98 Å². The van der Waals surface area contributed by atoms with Gasteiger partial charge in [0, 0.05) is 28.6 Å². The summed E-state index contributed by atoms with van der Waals surface area (Å²) in [5.41, 5.74) is 0.812. The number of hydrogen-bond acceptors (Lipinski definition) is 3. The van der Waals surface area contributed by atoms with Crippen LogP contribution in [0.4, 0.5) is 0 Å². The van der Waals surface area contributed by atoms with Gasteiger partial charge in [-0.15, -0.1) is 11.3 Å². The van der Waals surface area contributed by atoms with Crippen LogP contribution in [0.1, 0.15) is 10.6 Å². The molecule has 1 heterocycles. The fourth-order valence-corrected chi connectivity index (χ4v) is 2.03. The minimum atomic E-state index is 0.268. The van der Waals surface area contributed by atoms with E-state index in [1.54, 1.807) is 35.7 Å². The summed E-state index contributed by atoms with van der Waals surface area (Å²) in [6.07, 6.45) is 2.38. The van der Waals surface area contributed by atoms with Crippen LogP contribution < -0.4 is 0 Å². The molecule has 0 unspecified atom stereocenters. The number of phenols is 1. The molecule has 4 heteroatoms. The maximum atomic E-state index is 9.55. The Morgan fingerprint density at radius 2 is 2.29 bits per heavy atom. The number of hydrogen-bond donors (Lipinski definition) is 1. The van der Waals surface area contributed by atoms with E-state index in [1.807, 2.05) is 5.38 Å². The zero-order chi connectivity index (χ0) is 9.97. The molecular formula is C10H8ClNOS. The van der Waals surface area contributed by atoms with Crippen LogP contribution in [0.3, 0.4) is 0 Å². The van der Waals surface area contributed by atoms with Crippen molar-refractivity contribution in [2.24, 2.45) is 0 Å². The molecule has 0 aliphatic carbocycles. The topological polar surface area (TPSA) is 33.1 Å². The second kappa shape index (κ2) is 3.98. The highest BCUT2D eigenvalue weighted by Gasteiger charge is 2.04. The zero-order valence-electron chi connectivity index (χ0n) is 7.27. The third-order valence-electron chi connectivity index (χ3n) is 1.87. The second-order valence-electron chi connectivity index (χ2n) is 2.88. The van der Waals surface area contributed by atoms with Crippen molar-refractivity contribution in [3.05, 3.63) is 45.4 Å². The molecule has 0 amide bonds. The Kier molecular flexibility index (Phi) is 2.70. The summed E-state index contributed by atoms with van der Waals surface area (Å²) in [5, 5.41) is 13.1. The van der Waals surface area contributed by atoms with Gasteiger partial charge in [-0.2, -0.15) is 0 Å². The van der Waals surface area contributed by atoms with Gasteiger partial charge in [0.15, 0.2) is 0 Å². The third-order valence-corrected chi connectivity index (χ3v) is 2.88. The first-order valence-electron chi connectivity index (χ1n) is 4.11. The Morgan fingerprint density at radius 3 is 3.00 bits per heavy atom. The predicted molar refractivity (Wildman–Crippen MR) is 58.0 cm³/mol. The van der Waals surface area contributed by atoms with Gasteiger partial charge in [0.25, 0.3) is 0 Å². The Hall–Kier alpha value is -1.06. The average molecular weight is 226 g/mol. The molecule has 0 atom stereocenters. The van der Waals surface area contributed by atoms with Crippen LogP contribution in [0.5, 0.6) is 5.75 Å². The minimum Gasteiger partial charge on any atom is -0.508 e. The maximum Gasteiger partial charge on any atom is 0.119 e. The van der Waals surface area contributed by atoms with Crippen LogP contribution >= 0.6 is 22.9 Å². The number of aromatic hydroxyl groups is 1. The molecule has 2 rings (SSSR count). The van der Waals surface area contributed by atoms with Gasteiger partial charge < -0.3 is 5.11 Å². The van der Waals surface area contributed by atoms with Crippen molar-refractivity contribution in [1.29, 1.82) is 0 Å². The highest BCUT2D eigenvalue weighted by molar-refractivity contribution is 7.09. The van der Waals surface area contributed by atoms with E-state index in [2.05, 4.69) is 4.98 Å². The molecule has 0 saturated heterocycles. The van der Waals surface area contributed by atoms with Crippen molar-refractivity contribution in [2.75, 3.05) is 0 Å². The third kappa shape index (κ3) is 2.05. The molecule has 14 heavy (non-hydrogen) atoms. The number of nitrogens with zero attached hydrogens (tertiary/aromatic N) is 1. The maximum absolute atomic E-state index is 9.55. The van der Waals surface area contributed by atoms with Crippen LogP contribution in [0.2, 0.25) is 5.02 Å². The monoisotopic (exact) mass is 225 g/mol. The van der Waals surface area contributed by atoms with E-state index in [1.165, 1.54) is 0 Å². The standard InChI is InChI=1S/C10H8ClNOS/c11-8-1-2-9(13)7(5-8)6-10-12-3-4-14-10/h1-5,13H,6H2. The summed E-state index contributed by atoms with van der Waals surface area (Å²) >= 11 is 7.40. The SMILES string of the molecule is Oc1ccc(Cl)cc1Cc1nccs1. The number of benzene rings is 1. The van der Waals surface area contributed by atoms with Crippen molar-refractivity contribution in [3.8, 4) is 5.75 Å². The number of rotatable bonds is 2. The fourth-order valence-electron chi connectivity index (χ4n) is 1.20. The van der Waals surface area contributed by atoms with E-state index in [-0.39, 0.29) is 5.75 Å². The molecule has 0 saturated carbocycles. The molecule has 1 aromatic carbocycles. The molecule has 0 spiro atoms. The largest absolute Gasteiger partial charge is 0.508 e. The lowest BCUT2D eigenvalue weighted by atomic mass is 10.1. The summed E-state index contributed by atoms with van der Waals surface area (Å²) in [7, 11) is 0. The van der Waals surface area contributed by atoms with Crippen molar-refractivity contribution < 1.29 is 5.11 Å². The number of thiazole rings is 1. The fraction of sp³-hybridized carbons (Fsp3) is 0.100. The molecule has 0 fully saturated rings. The number of aromatic nitrogens is 1. The van der Waals surface area contributed by atoms with Crippen molar-refractivity contribution in [3.63, 3.8) is 0 Å². The van der Waals surface area contributed by atoms with Crippen LogP contribution in [-0.4, -0.2) is 10.1 Å². The summed E-state index contributed by atoms with van der Waals surface area (Å²) in [5.74, 6) is 0.268. The first-order valence-corrected chi connectivity index (χ1v) is 5.37. The zero-order valence-corrected chi connectivity index (χ0v) is 8.85. The lowest BCUT2D eigenvalue weighted by Gasteiger charge is -2.02. The second-order valence-corrected chi connectivity index (χ2v) is 4.29. The van der Waals surface area contributed by atoms with Crippen molar-refractivity contribution in [1.82, 2.24) is 4.98 Å². The quantitative estimate of drug-likeness (QED) is 0.852. The van der Waals surface area contributed by atoms with Gasteiger partial charge in [-0.1, -0.05) is 11.6 Å². The normalized spacial score (nSPS) is 10.4. The van der Waals surface area contributed by atoms with Crippen LogP contribution in [0, 0.1) is 0 Å². The molecular weight excluding hydrogens is 218 g/mol. The average Bonchev–Trinajstić information content (AvgIpc) is 2.64. The van der Waals surface area contributed by atoms with Gasteiger partial charge in [0.2, 0.25) is 0 Å². The summed E-state index contributed by atoms with van der Waals surface area (Å²) < 4.78 is 0. The smallest absolute Gasteiger partial charge is 0.119 e. The molecule has 0 aliphatic rings. The van der Waals surface area contributed by atoms with E-state index in [4.69, 9.17) is 11.6 Å². The van der Waals surface area contributed by atoms with Crippen molar-refractivity contribution >= 4 is 22.9 Å². The van der Waals surface area contributed by atoms with E-state index >= 15 is 0 Å². The van der Waals surface area contributed by atoms with Crippen LogP contribution in [0.25, 0.3) is 0 Å². The number of phenolic OH excluding ortho intramolecular Hbond substituents is 1. The first-order chi connectivity index (χ1) is 6.75. The van der Waals surface area contributed by atoms with E-state index in [9.17, 15) is 5.11 Å². The lowest BCUT2D eigenvalue weighted by molar-refractivity contribution is 0.469. The highest BCUT2D eigenvalue weighted by Crippen LogP contribution is 2.24. The van der Waals surface area contributed by atoms with E-state index in [0.29, 0.717) is 11.4 Å². The molecule has 0 bridgehead atoms. The molecule has 1 N–H and O–H groups in total. The van der Waals surface area contributed by atoms with Crippen molar-refractivity contribution in [2.45, 2.75) is 6.42 Å². The predicted octanol–water partition coefficient (Wildman–Crippen LogP) is 3.09. The molecule has 72 valence electrons. The summed E-state index contributed by atoms with van der Waals surface area (Å²) in [4.78, 5) is 4.15. The molecule has 0 aliphatic heterocycles. The highest BCUT2D eigenvalue weighted by atomic mass is 35.5. The Labute approximate surface area is 90.8 Å². The molecule has 2 aromatic rings. The minimum absolute atomic E-state index is 0.268. The molecule has 0 radical (unpaired) electrons. The summed E-state index contributed by atoms with van der Waals surface area (Å²) in [6, 6.07) is 5.03. The van der Waals surface area contributed by atoms with Gasteiger partial charge in [0.05, 0.1) is 5.01 Å². The van der Waals surface area contributed by atoms with Crippen LogP contribution in [0.15, 0.2) is 29.8 Å². The van der Waals surface area contributed by atoms with Gasteiger partial charge >= 0.3 is 0 Å². The molecule has 2 nitrogen and oxygen atoms in total. The first kappa shape index (κ1) is 9.49. The Morgan fingerprint density at radius 1 is 1.43 bits per heavy atom. The summed E-state index contributed by atoms with van der Waals surface area (Å²) in [6.45, 7) is 0. The number of halogens is 1. The lowest BCUT2D eigenvalue weighted by Crippen LogP contribution is -1.87. The molecule has 1 aromatic heterocycles. The Balaban J connectivity index is 2.28. The van der Waals surface area contributed by atoms with Gasteiger partial charge in [0.1, 0.15) is 5.75 Å². The van der Waals surface area contributed by atoms with E-state index in [0.717, 1.165) is 10.6 Å². The van der Waals surface area contributed by atoms with Crippen LogP contribution in [-0.2, 0) is 6.42 Å².